The minimum Gasteiger partial charge on any atom is -0.497 e. The maximum atomic E-state index is 5.34. The molecule has 0 spiro atoms. The third kappa shape index (κ3) is 2.90. The van der Waals surface area contributed by atoms with E-state index in [0.29, 0.717) is 0 Å². The van der Waals surface area contributed by atoms with E-state index in [2.05, 4.69) is 10.3 Å². The van der Waals surface area contributed by atoms with Crippen LogP contribution < -0.4 is 14.8 Å². The van der Waals surface area contributed by atoms with Crippen molar-refractivity contribution < 1.29 is 9.47 Å². The van der Waals surface area contributed by atoms with Gasteiger partial charge in [-0.25, -0.2) is 4.98 Å². The van der Waals surface area contributed by atoms with Crippen molar-refractivity contribution in [1.82, 2.24) is 9.97 Å². The molecule has 0 saturated carbocycles. The van der Waals surface area contributed by atoms with Crippen LogP contribution in [0.15, 0.2) is 36.5 Å². The fourth-order valence-electron chi connectivity index (χ4n) is 2.54. The van der Waals surface area contributed by atoms with Crippen LogP contribution in [0.5, 0.6) is 11.5 Å². The largest absolute Gasteiger partial charge is 0.497 e. The van der Waals surface area contributed by atoms with Crippen molar-refractivity contribution in [2.75, 3.05) is 26.6 Å². The molecule has 0 atom stereocenters. The molecule has 23 heavy (non-hydrogen) atoms. The van der Waals surface area contributed by atoms with Crippen LogP contribution >= 0.6 is 0 Å². The van der Waals surface area contributed by atoms with Crippen molar-refractivity contribution in [3.8, 4) is 22.8 Å². The molecule has 0 aliphatic rings. The molecule has 1 N–H and O–H groups in total. The zero-order valence-corrected chi connectivity index (χ0v) is 13.7. The standard InChI is InChI=1S/C18H19N3O2/c1-11-5-16-13(10-20-11)8-17(21-18(16)19-2)12-6-14(22-3)9-15(7-12)23-4/h5-10H,1-4H3,(H,19,21). The molecule has 0 unspecified atom stereocenters. The highest BCUT2D eigenvalue weighted by Gasteiger charge is 2.10. The normalized spacial score (nSPS) is 10.6. The van der Waals surface area contributed by atoms with E-state index >= 15 is 0 Å². The Morgan fingerprint density at radius 1 is 0.957 bits per heavy atom. The van der Waals surface area contributed by atoms with E-state index in [1.807, 2.05) is 50.5 Å². The number of aromatic nitrogens is 2. The number of rotatable bonds is 4. The Morgan fingerprint density at radius 3 is 2.26 bits per heavy atom. The Kier molecular flexibility index (Phi) is 4.02. The Balaban J connectivity index is 2.22. The average Bonchev–Trinajstić information content (AvgIpc) is 2.60. The van der Waals surface area contributed by atoms with Gasteiger partial charge in [0.2, 0.25) is 0 Å². The summed E-state index contributed by atoms with van der Waals surface area (Å²) in [6.45, 7) is 1.97. The van der Waals surface area contributed by atoms with Gasteiger partial charge in [0.25, 0.3) is 0 Å². The van der Waals surface area contributed by atoms with E-state index in [9.17, 15) is 0 Å². The monoisotopic (exact) mass is 309 g/mol. The summed E-state index contributed by atoms with van der Waals surface area (Å²) in [7, 11) is 5.14. The zero-order valence-electron chi connectivity index (χ0n) is 13.7. The lowest BCUT2D eigenvalue weighted by Crippen LogP contribution is -1.97. The predicted octanol–water partition coefficient (Wildman–Crippen LogP) is 3.66. The maximum absolute atomic E-state index is 5.34. The molecule has 0 amide bonds. The van der Waals surface area contributed by atoms with Crippen LogP contribution in [0.3, 0.4) is 0 Å². The minimum atomic E-state index is 0.731. The van der Waals surface area contributed by atoms with Crippen molar-refractivity contribution in [3.05, 3.63) is 42.2 Å². The Hall–Kier alpha value is -2.82. The second-order valence-corrected chi connectivity index (χ2v) is 5.25. The number of methoxy groups -OCH3 is 2. The van der Waals surface area contributed by atoms with Gasteiger partial charge in [0.1, 0.15) is 17.3 Å². The zero-order chi connectivity index (χ0) is 16.4. The van der Waals surface area contributed by atoms with Gasteiger partial charge in [-0.2, -0.15) is 0 Å². The highest BCUT2D eigenvalue weighted by Crippen LogP contribution is 2.32. The van der Waals surface area contributed by atoms with E-state index in [0.717, 1.165) is 45.0 Å². The first kappa shape index (κ1) is 15.1. The van der Waals surface area contributed by atoms with Crippen LogP contribution in [-0.2, 0) is 0 Å². The van der Waals surface area contributed by atoms with Gasteiger partial charge in [-0.1, -0.05) is 0 Å². The number of nitrogens with zero attached hydrogens (tertiary/aromatic N) is 2. The van der Waals surface area contributed by atoms with E-state index in [4.69, 9.17) is 14.5 Å². The van der Waals surface area contributed by atoms with Gasteiger partial charge in [0, 0.05) is 41.3 Å². The molecule has 0 radical (unpaired) electrons. The molecule has 0 bridgehead atoms. The van der Waals surface area contributed by atoms with Crippen molar-refractivity contribution in [1.29, 1.82) is 0 Å². The first-order chi connectivity index (χ1) is 11.1. The number of hydrogen-bond acceptors (Lipinski definition) is 5. The molecule has 3 aromatic rings. The van der Waals surface area contributed by atoms with Crippen LogP contribution in [0.2, 0.25) is 0 Å². The highest BCUT2D eigenvalue weighted by molar-refractivity contribution is 5.94. The first-order valence-corrected chi connectivity index (χ1v) is 7.33. The molecule has 3 rings (SSSR count). The van der Waals surface area contributed by atoms with Crippen LogP contribution in [0.1, 0.15) is 5.69 Å². The number of aryl methyl sites for hydroxylation is 1. The van der Waals surface area contributed by atoms with Crippen molar-refractivity contribution in [3.63, 3.8) is 0 Å². The molecule has 2 aromatic heterocycles. The number of fused-ring (bicyclic) bond motifs is 1. The third-order valence-corrected chi connectivity index (χ3v) is 3.74. The number of pyridine rings is 2. The molecule has 0 aliphatic heterocycles. The van der Waals surface area contributed by atoms with Gasteiger partial charge in [-0.05, 0) is 31.2 Å². The van der Waals surface area contributed by atoms with E-state index in [1.54, 1.807) is 14.2 Å². The Morgan fingerprint density at radius 2 is 1.65 bits per heavy atom. The highest BCUT2D eigenvalue weighted by atomic mass is 16.5. The second-order valence-electron chi connectivity index (χ2n) is 5.25. The van der Waals surface area contributed by atoms with Crippen LogP contribution in [0.4, 0.5) is 5.82 Å². The lowest BCUT2D eigenvalue weighted by atomic mass is 10.1. The number of benzene rings is 1. The molecule has 118 valence electrons. The number of ether oxygens (including phenoxy) is 2. The summed E-state index contributed by atoms with van der Waals surface area (Å²) in [6, 6.07) is 9.78. The first-order valence-electron chi connectivity index (χ1n) is 7.33. The number of hydrogen-bond donors (Lipinski definition) is 1. The van der Waals surface area contributed by atoms with Crippen molar-refractivity contribution in [2.24, 2.45) is 0 Å². The average molecular weight is 309 g/mol. The van der Waals surface area contributed by atoms with Gasteiger partial charge >= 0.3 is 0 Å². The summed E-state index contributed by atoms with van der Waals surface area (Å²) in [5.41, 5.74) is 2.73. The van der Waals surface area contributed by atoms with Gasteiger partial charge in [-0.3, -0.25) is 4.98 Å². The summed E-state index contributed by atoms with van der Waals surface area (Å²) < 4.78 is 10.7. The molecule has 0 aliphatic carbocycles. The van der Waals surface area contributed by atoms with Crippen LogP contribution in [0, 0.1) is 6.92 Å². The van der Waals surface area contributed by atoms with E-state index < -0.39 is 0 Å². The van der Waals surface area contributed by atoms with E-state index in [1.165, 1.54) is 0 Å². The predicted molar refractivity (Wildman–Crippen MR) is 92.4 cm³/mol. The third-order valence-electron chi connectivity index (χ3n) is 3.74. The smallest absolute Gasteiger partial charge is 0.134 e. The van der Waals surface area contributed by atoms with Gasteiger partial charge < -0.3 is 14.8 Å². The molecule has 0 fully saturated rings. The Bertz CT molecular complexity index is 840. The van der Waals surface area contributed by atoms with Crippen molar-refractivity contribution in [2.45, 2.75) is 6.92 Å². The number of anilines is 1. The summed E-state index contributed by atoms with van der Waals surface area (Å²) in [5.74, 6) is 2.29. The summed E-state index contributed by atoms with van der Waals surface area (Å²) in [4.78, 5) is 9.11. The second kappa shape index (κ2) is 6.12. The topological polar surface area (TPSA) is 56.3 Å². The fourth-order valence-corrected chi connectivity index (χ4v) is 2.54. The van der Waals surface area contributed by atoms with Crippen molar-refractivity contribution >= 4 is 16.6 Å². The Labute approximate surface area is 135 Å². The summed E-state index contributed by atoms with van der Waals surface area (Å²) in [6.07, 6.45) is 1.87. The molecule has 2 heterocycles. The molecule has 0 saturated heterocycles. The number of nitrogens with one attached hydrogen (secondary N) is 1. The van der Waals surface area contributed by atoms with E-state index in [-0.39, 0.29) is 0 Å². The molecule has 5 heteroatoms. The van der Waals surface area contributed by atoms with Gasteiger partial charge in [0.05, 0.1) is 19.9 Å². The fraction of sp³-hybridized carbons (Fsp3) is 0.222. The SMILES string of the molecule is CNc1nc(-c2cc(OC)cc(OC)c2)cc2cnc(C)cc12. The summed E-state index contributed by atoms with van der Waals surface area (Å²) >= 11 is 0. The lowest BCUT2D eigenvalue weighted by molar-refractivity contribution is 0.394. The van der Waals surface area contributed by atoms with Gasteiger partial charge in [0.15, 0.2) is 0 Å². The lowest BCUT2D eigenvalue weighted by Gasteiger charge is -2.12. The van der Waals surface area contributed by atoms with Crippen LogP contribution in [0.25, 0.3) is 22.0 Å². The quantitative estimate of drug-likeness (QED) is 0.797. The summed E-state index contributed by atoms with van der Waals surface area (Å²) in [5, 5.41) is 5.25. The van der Waals surface area contributed by atoms with Gasteiger partial charge in [-0.15, -0.1) is 0 Å². The molecular formula is C18H19N3O2. The molecule has 5 nitrogen and oxygen atoms in total. The maximum Gasteiger partial charge on any atom is 0.134 e. The minimum absolute atomic E-state index is 0.731. The molecular weight excluding hydrogens is 290 g/mol. The van der Waals surface area contributed by atoms with Crippen LogP contribution in [-0.4, -0.2) is 31.2 Å². The molecule has 1 aromatic carbocycles.